The number of rotatable bonds is 7. The molecule has 1 aromatic heterocycles. The number of benzene rings is 1. The van der Waals surface area contributed by atoms with Crippen molar-refractivity contribution in [1.29, 1.82) is 0 Å². The maximum atomic E-state index is 12.6. The molecule has 1 saturated heterocycles. The van der Waals surface area contributed by atoms with Gasteiger partial charge in [0.25, 0.3) is 0 Å². The molecular formula is C20H25N3O4. The molecule has 0 spiro atoms. The Morgan fingerprint density at radius 3 is 2.59 bits per heavy atom. The number of likely N-dealkylation sites (tertiary alicyclic amines) is 1. The van der Waals surface area contributed by atoms with Gasteiger partial charge in [0.05, 0.1) is 24.4 Å². The van der Waals surface area contributed by atoms with E-state index in [0.717, 1.165) is 18.6 Å². The van der Waals surface area contributed by atoms with E-state index in [-0.39, 0.29) is 23.4 Å². The molecule has 3 rings (SSSR count). The van der Waals surface area contributed by atoms with Gasteiger partial charge in [0.15, 0.2) is 0 Å². The van der Waals surface area contributed by atoms with Gasteiger partial charge in [-0.3, -0.25) is 9.48 Å². The summed E-state index contributed by atoms with van der Waals surface area (Å²) in [5.41, 5.74) is 0.195. The van der Waals surface area contributed by atoms with Crippen LogP contribution in [0.3, 0.4) is 0 Å². The maximum Gasteiger partial charge on any atom is 0.338 e. The minimum absolute atomic E-state index is 0.0893. The van der Waals surface area contributed by atoms with Gasteiger partial charge in [-0.25, -0.2) is 4.79 Å². The molecule has 1 fully saturated rings. The average molecular weight is 371 g/mol. The van der Waals surface area contributed by atoms with Crippen LogP contribution in [-0.4, -0.2) is 51.4 Å². The van der Waals surface area contributed by atoms with Crippen molar-refractivity contribution in [3.8, 4) is 5.75 Å². The van der Waals surface area contributed by atoms with Crippen LogP contribution < -0.4 is 4.74 Å². The van der Waals surface area contributed by atoms with Gasteiger partial charge in [-0.15, -0.1) is 0 Å². The maximum absolute atomic E-state index is 12.6. The SMILES string of the molecule is CC(CCOc1ccccc1)C(=O)N1CCC(n2cc(C(=O)O)cn2)CC1. The molecule has 7 nitrogen and oxygen atoms in total. The summed E-state index contributed by atoms with van der Waals surface area (Å²) in [6.07, 6.45) is 5.16. The first kappa shape index (κ1) is 18.9. The number of amides is 1. The van der Waals surface area contributed by atoms with Crippen molar-refractivity contribution < 1.29 is 19.4 Å². The number of para-hydroxylation sites is 1. The Morgan fingerprint density at radius 1 is 1.26 bits per heavy atom. The number of carboxylic acids is 1. The lowest BCUT2D eigenvalue weighted by molar-refractivity contribution is -0.136. The summed E-state index contributed by atoms with van der Waals surface area (Å²) in [6.45, 7) is 3.78. The lowest BCUT2D eigenvalue weighted by atomic mass is 10.0. The number of aromatic nitrogens is 2. The molecule has 2 aromatic rings. The fraction of sp³-hybridized carbons (Fsp3) is 0.450. The van der Waals surface area contributed by atoms with Crippen LogP contribution in [0.5, 0.6) is 5.75 Å². The van der Waals surface area contributed by atoms with Gasteiger partial charge in [0.2, 0.25) is 5.91 Å². The second-order valence-corrected chi connectivity index (χ2v) is 6.92. The van der Waals surface area contributed by atoms with Gasteiger partial charge in [-0.2, -0.15) is 5.10 Å². The smallest absolute Gasteiger partial charge is 0.338 e. The molecule has 1 aliphatic heterocycles. The minimum Gasteiger partial charge on any atom is -0.494 e. The number of carbonyl (C=O) groups excluding carboxylic acids is 1. The standard InChI is InChI=1S/C20H25N3O4/c1-15(9-12-27-18-5-3-2-4-6-18)19(24)22-10-7-17(8-11-22)23-14-16(13-21-23)20(25)26/h2-6,13-15,17H,7-12H2,1H3,(H,25,26). The number of piperidine rings is 1. The van der Waals surface area contributed by atoms with Gasteiger partial charge < -0.3 is 14.7 Å². The van der Waals surface area contributed by atoms with Gasteiger partial charge in [0, 0.05) is 25.2 Å². The molecule has 7 heteroatoms. The van der Waals surface area contributed by atoms with Crippen molar-refractivity contribution in [2.45, 2.75) is 32.2 Å². The first-order valence-electron chi connectivity index (χ1n) is 9.28. The van der Waals surface area contributed by atoms with E-state index in [1.807, 2.05) is 42.2 Å². The molecule has 0 radical (unpaired) electrons. The third-order valence-electron chi connectivity index (χ3n) is 4.98. The summed E-state index contributed by atoms with van der Waals surface area (Å²) >= 11 is 0. The molecule has 27 heavy (non-hydrogen) atoms. The number of hydrogen-bond donors (Lipinski definition) is 1. The Hall–Kier alpha value is -2.83. The van der Waals surface area contributed by atoms with Crippen molar-refractivity contribution >= 4 is 11.9 Å². The molecule has 2 heterocycles. The van der Waals surface area contributed by atoms with Crippen molar-refractivity contribution in [2.75, 3.05) is 19.7 Å². The van der Waals surface area contributed by atoms with Gasteiger partial charge in [-0.1, -0.05) is 25.1 Å². The van der Waals surface area contributed by atoms with E-state index in [1.54, 1.807) is 10.9 Å². The summed E-state index contributed by atoms with van der Waals surface area (Å²) in [6, 6.07) is 9.73. The molecule has 0 saturated carbocycles. The lowest BCUT2D eigenvalue weighted by Crippen LogP contribution is -2.42. The molecule has 144 valence electrons. The Kier molecular flexibility index (Phi) is 6.11. The Bertz CT molecular complexity index is 767. The van der Waals surface area contributed by atoms with Crippen LogP contribution >= 0.6 is 0 Å². The molecule has 1 atom stereocenters. The monoisotopic (exact) mass is 371 g/mol. The van der Waals surface area contributed by atoms with E-state index in [0.29, 0.717) is 26.1 Å². The third-order valence-corrected chi connectivity index (χ3v) is 4.98. The summed E-state index contributed by atoms with van der Waals surface area (Å²) in [4.78, 5) is 25.5. The second-order valence-electron chi connectivity index (χ2n) is 6.92. The van der Waals surface area contributed by atoms with E-state index in [9.17, 15) is 9.59 Å². The van der Waals surface area contributed by atoms with E-state index in [1.165, 1.54) is 6.20 Å². The number of hydrogen-bond acceptors (Lipinski definition) is 4. The number of aromatic carboxylic acids is 1. The summed E-state index contributed by atoms with van der Waals surface area (Å²) in [7, 11) is 0. The predicted octanol–water partition coefficient (Wildman–Crippen LogP) is 2.85. The predicted molar refractivity (Wildman–Crippen MR) is 99.8 cm³/mol. The van der Waals surface area contributed by atoms with Crippen molar-refractivity contribution in [3.63, 3.8) is 0 Å². The number of carboxylic acid groups (broad SMARTS) is 1. The third kappa shape index (κ3) is 4.87. The highest BCUT2D eigenvalue weighted by molar-refractivity contribution is 5.86. The van der Waals surface area contributed by atoms with Crippen LogP contribution in [0.4, 0.5) is 0 Å². The Morgan fingerprint density at radius 2 is 1.96 bits per heavy atom. The van der Waals surface area contributed by atoms with Gasteiger partial charge in [0.1, 0.15) is 5.75 Å². The van der Waals surface area contributed by atoms with Crippen molar-refractivity contribution in [3.05, 3.63) is 48.3 Å². The first-order valence-corrected chi connectivity index (χ1v) is 9.28. The summed E-state index contributed by atoms with van der Waals surface area (Å²) in [5.74, 6) is -0.0938. The highest BCUT2D eigenvalue weighted by Crippen LogP contribution is 2.24. The van der Waals surface area contributed by atoms with Gasteiger partial charge in [-0.05, 0) is 31.4 Å². The van der Waals surface area contributed by atoms with Crippen LogP contribution in [0.2, 0.25) is 0 Å². The molecule has 0 bridgehead atoms. The minimum atomic E-state index is -0.972. The van der Waals surface area contributed by atoms with E-state index in [4.69, 9.17) is 9.84 Å². The topological polar surface area (TPSA) is 84.7 Å². The molecule has 0 aliphatic carbocycles. The molecule has 1 N–H and O–H groups in total. The second kappa shape index (κ2) is 8.70. The van der Waals surface area contributed by atoms with Crippen LogP contribution in [0.15, 0.2) is 42.7 Å². The molecule has 1 amide bonds. The first-order chi connectivity index (χ1) is 13.0. The average Bonchev–Trinajstić information content (AvgIpc) is 3.19. The number of carbonyl (C=O) groups is 2. The number of ether oxygens (including phenoxy) is 1. The fourth-order valence-electron chi connectivity index (χ4n) is 3.30. The van der Waals surface area contributed by atoms with Crippen LogP contribution in [0, 0.1) is 5.92 Å². The lowest BCUT2D eigenvalue weighted by Gasteiger charge is -2.33. The van der Waals surface area contributed by atoms with Crippen LogP contribution in [-0.2, 0) is 4.79 Å². The Balaban J connectivity index is 1.43. The zero-order valence-corrected chi connectivity index (χ0v) is 15.5. The molecule has 1 aliphatic rings. The van der Waals surface area contributed by atoms with Gasteiger partial charge >= 0.3 is 5.97 Å². The van der Waals surface area contributed by atoms with E-state index in [2.05, 4.69) is 5.10 Å². The van der Waals surface area contributed by atoms with E-state index < -0.39 is 5.97 Å². The van der Waals surface area contributed by atoms with Crippen LogP contribution in [0.1, 0.15) is 42.6 Å². The number of nitrogens with zero attached hydrogens (tertiary/aromatic N) is 3. The van der Waals surface area contributed by atoms with Crippen LogP contribution in [0.25, 0.3) is 0 Å². The molecule has 1 aromatic carbocycles. The Labute approximate surface area is 158 Å². The van der Waals surface area contributed by atoms with Crippen molar-refractivity contribution in [1.82, 2.24) is 14.7 Å². The largest absolute Gasteiger partial charge is 0.494 e. The van der Waals surface area contributed by atoms with Crippen molar-refractivity contribution in [2.24, 2.45) is 5.92 Å². The zero-order valence-electron chi connectivity index (χ0n) is 15.5. The highest BCUT2D eigenvalue weighted by atomic mass is 16.5. The zero-order chi connectivity index (χ0) is 19.2. The molecule has 1 unspecified atom stereocenters. The van der Waals surface area contributed by atoms with E-state index >= 15 is 0 Å². The fourth-order valence-corrected chi connectivity index (χ4v) is 3.30. The normalized spacial score (nSPS) is 16.1. The molecular weight excluding hydrogens is 346 g/mol. The highest BCUT2D eigenvalue weighted by Gasteiger charge is 2.27. The summed E-state index contributed by atoms with van der Waals surface area (Å²) in [5, 5.41) is 13.2. The summed E-state index contributed by atoms with van der Waals surface area (Å²) < 4.78 is 7.39. The quantitative estimate of drug-likeness (QED) is 0.809.